The van der Waals surface area contributed by atoms with Crippen molar-refractivity contribution in [3.63, 3.8) is 0 Å². The van der Waals surface area contributed by atoms with Gasteiger partial charge in [0, 0.05) is 19.3 Å². The zero-order valence-electron chi connectivity index (χ0n) is 14.5. The molecule has 26 heavy (non-hydrogen) atoms. The van der Waals surface area contributed by atoms with Crippen LogP contribution in [0.5, 0.6) is 11.5 Å². The van der Waals surface area contributed by atoms with Gasteiger partial charge in [0.05, 0.1) is 19.2 Å². The third-order valence-electron chi connectivity index (χ3n) is 4.27. The number of carbonyl (C=O) groups excluding carboxylic acids is 2. The quantitative estimate of drug-likeness (QED) is 0.808. The Kier molecular flexibility index (Phi) is 5.37. The molecule has 1 aliphatic rings. The van der Waals surface area contributed by atoms with Gasteiger partial charge in [0.15, 0.2) is 18.1 Å². The third kappa shape index (κ3) is 3.77. The van der Waals surface area contributed by atoms with Gasteiger partial charge in [-0.05, 0) is 35.7 Å². The van der Waals surface area contributed by atoms with Crippen LogP contribution in [-0.2, 0) is 22.5 Å². The summed E-state index contributed by atoms with van der Waals surface area (Å²) in [4.78, 5) is 28.6. The molecule has 0 aliphatic carbocycles. The molecule has 1 aromatic carbocycles. The van der Waals surface area contributed by atoms with Crippen LogP contribution < -0.4 is 9.47 Å². The van der Waals surface area contributed by atoms with Crippen LogP contribution in [0.4, 0.5) is 0 Å². The Morgan fingerprint density at radius 1 is 1.15 bits per heavy atom. The summed E-state index contributed by atoms with van der Waals surface area (Å²) in [5.74, 6) is 0.422. The summed E-state index contributed by atoms with van der Waals surface area (Å²) in [6.07, 6.45) is 2.17. The highest BCUT2D eigenvalue weighted by Crippen LogP contribution is 2.33. The highest BCUT2D eigenvalue weighted by Gasteiger charge is 2.24. The largest absolute Gasteiger partial charge is 0.493 e. The van der Waals surface area contributed by atoms with E-state index >= 15 is 0 Å². The van der Waals surface area contributed by atoms with E-state index in [2.05, 4.69) is 4.98 Å². The highest BCUT2D eigenvalue weighted by molar-refractivity contribution is 6.30. The predicted octanol–water partition coefficient (Wildman–Crippen LogP) is 2.43. The fourth-order valence-electron chi connectivity index (χ4n) is 2.88. The van der Waals surface area contributed by atoms with Crippen molar-refractivity contribution >= 4 is 23.5 Å². The van der Waals surface area contributed by atoms with Crippen LogP contribution in [0, 0.1) is 0 Å². The van der Waals surface area contributed by atoms with Gasteiger partial charge in [-0.3, -0.25) is 4.79 Å². The smallest absolute Gasteiger partial charge is 0.355 e. The number of aromatic amines is 1. The predicted molar refractivity (Wildman–Crippen MR) is 94.8 cm³/mol. The van der Waals surface area contributed by atoms with E-state index in [9.17, 15) is 9.59 Å². The van der Waals surface area contributed by atoms with Crippen molar-refractivity contribution in [2.45, 2.75) is 13.0 Å². The summed E-state index contributed by atoms with van der Waals surface area (Å²) in [7, 11) is 3.16. The summed E-state index contributed by atoms with van der Waals surface area (Å²) in [6.45, 7) is 0.658. The molecule has 2 heterocycles. The Hall–Kier alpha value is -2.67. The Labute approximate surface area is 155 Å². The molecule has 1 amide bonds. The van der Waals surface area contributed by atoms with Crippen molar-refractivity contribution in [3.05, 3.63) is 46.2 Å². The molecule has 0 spiro atoms. The Morgan fingerprint density at radius 2 is 1.85 bits per heavy atom. The second kappa shape index (κ2) is 7.70. The summed E-state index contributed by atoms with van der Waals surface area (Å²) in [5, 5.41) is 0.403. The van der Waals surface area contributed by atoms with E-state index in [0.29, 0.717) is 36.0 Å². The molecule has 138 valence electrons. The minimum Gasteiger partial charge on any atom is -0.493 e. The van der Waals surface area contributed by atoms with Gasteiger partial charge in [-0.15, -0.1) is 0 Å². The Morgan fingerprint density at radius 3 is 2.46 bits per heavy atom. The molecule has 7 nitrogen and oxygen atoms in total. The van der Waals surface area contributed by atoms with Crippen molar-refractivity contribution in [2.24, 2.45) is 0 Å². The van der Waals surface area contributed by atoms with Crippen LogP contribution in [0.15, 0.2) is 24.4 Å². The standard InChI is InChI=1S/C18H19ClN2O5/c1-24-15-5-11-3-4-21(9-12(11)6-16(15)25-2)17(22)10-26-18(23)14-7-13(19)8-20-14/h5-8,20H,3-4,9-10H2,1-2H3. The highest BCUT2D eigenvalue weighted by atomic mass is 35.5. The van der Waals surface area contributed by atoms with Gasteiger partial charge in [-0.2, -0.15) is 0 Å². The number of nitrogens with one attached hydrogen (secondary N) is 1. The van der Waals surface area contributed by atoms with Crippen molar-refractivity contribution in [2.75, 3.05) is 27.4 Å². The van der Waals surface area contributed by atoms with E-state index in [-0.39, 0.29) is 18.2 Å². The molecular formula is C18H19ClN2O5. The second-order valence-corrected chi connectivity index (χ2v) is 6.29. The number of methoxy groups -OCH3 is 2. The third-order valence-corrected chi connectivity index (χ3v) is 4.48. The van der Waals surface area contributed by atoms with Crippen LogP contribution in [0.25, 0.3) is 0 Å². The Balaban J connectivity index is 1.62. The maximum atomic E-state index is 12.4. The normalized spacial score (nSPS) is 13.1. The van der Waals surface area contributed by atoms with Crippen LogP contribution in [0.1, 0.15) is 21.6 Å². The fourth-order valence-corrected chi connectivity index (χ4v) is 3.04. The monoisotopic (exact) mass is 378 g/mol. The van der Waals surface area contributed by atoms with Crippen molar-refractivity contribution in [1.82, 2.24) is 9.88 Å². The molecule has 1 aromatic heterocycles. The molecule has 0 saturated carbocycles. The molecule has 3 rings (SSSR count). The topological polar surface area (TPSA) is 80.9 Å². The van der Waals surface area contributed by atoms with E-state index in [1.54, 1.807) is 19.1 Å². The molecule has 0 atom stereocenters. The Bertz CT molecular complexity index is 833. The lowest BCUT2D eigenvalue weighted by molar-refractivity contribution is -0.135. The van der Waals surface area contributed by atoms with Gasteiger partial charge in [0.2, 0.25) is 0 Å². The first-order valence-electron chi connectivity index (χ1n) is 8.04. The summed E-state index contributed by atoms with van der Waals surface area (Å²) in [6, 6.07) is 5.26. The maximum Gasteiger partial charge on any atom is 0.355 e. The van der Waals surface area contributed by atoms with Gasteiger partial charge in [0.1, 0.15) is 5.69 Å². The lowest BCUT2D eigenvalue weighted by Gasteiger charge is -2.29. The number of rotatable bonds is 5. The van der Waals surface area contributed by atoms with Crippen LogP contribution in [-0.4, -0.2) is 49.1 Å². The average molecular weight is 379 g/mol. The molecule has 8 heteroatoms. The van der Waals surface area contributed by atoms with Gasteiger partial charge >= 0.3 is 5.97 Å². The molecular weight excluding hydrogens is 360 g/mol. The van der Waals surface area contributed by atoms with Gasteiger partial charge < -0.3 is 24.1 Å². The lowest BCUT2D eigenvalue weighted by Crippen LogP contribution is -2.38. The number of carbonyl (C=O) groups is 2. The van der Waals surface area contributed by atoms with E-state index in [4.69, 9.17) is 25.8 Å². The first-order chi connectivity index (χ1) is 12.5. The van der Waals surface area contributed by atoms with Crippen molar-refractivity contribution in [3.8, 4) is 11.5 Å². The SMILES string of the molecule is COc1cc2c(cc1OC)CN(C(=O)COC(=O)c1cc(Cl)c[nH]1)CC2. The zero-order chi connectivity index (χ0) is 18.7. The molecule has 0 radical (unpaired) electrons. The van der Waals surface area contributed by atoms with E-state index in [1.807, 2.05) is 12.1 Å². The number of nitrogens with zero attached hydrogens (tertiary/aromatic N) is 1. The zero-order valence-corrected chi connectivity index (χ0v) is 15.3. The summed E-state index contributed by atoms with van der Waals surface area (Å²) < 4.78 is 15.7. The second-order valence-electron chi connectivity index (χ2n) is 5.85. The van der Waals surface area contributed by atoms with E-state index < -0.39 is 5.97 Å². The lowest BCUT2D eigenvalue weighted by atomic mass is 9.99. The number of H-pyrrole nitrogens is 1. The van der Waals surface area contributed by atoms with Gasteiger partial charge in [-0.25, -0.2) is 4.79 Å². The number of ether oxygens (including phenoxy) is 3. The van der Waals surface area contributed by atoms with Crippen molar-refractivity contribution in [1.29, 1.82) is 0 Å². The van der Waals surface area contributed by atoms with E-state index in [0.717, 1.165) is 11.1 Å². The van der Waals surface area contributed by atoms with Crippen LogP contribution in [0.2, 0.25) is 5.02 Å². The van der Waals surface area contributed by atoms with Crippen LogP contribution in [0.3, 0.4) is 0 Å². The summed E-state index contributed by atoms with van der Waals surface area (Å²) >= 11 is 5.75. The number of fused-ring (bicyclic) bond motifs is 1. The molecule has 1 aliphatic heterocycles. The number of benzene rings is 1. The molecule has 2 aromatic rings. The first kappa shape index (κ1) is 18.1. The number of esters is 1. The summed E-state index contributed by atoms with van der Waals surface area (Å²) in [5.41, 5.74) is 2.32. The van der Waals surface area contributed by atoms with Crippen LogP contribution >= 0.6 is 11.6 Å². The molecule has 0 bridgehead atoms. The number of halogens is 1. The minimum absolute atomic E-state index is 0.212. The van der Waals surface area contributed by atoms with E-state index in [1.165, 1.54) is 12.3 Å². The molecule has 0 saturated heterocycles. The first-order valence-corrected chi connectivity index (χ1v) is 8.42. The minimum atomic E-state index is -0.617. The average Bonchev–Trinajstić information content (AvgIpc) is 3.10. The number of hydrogen-bond acceptors (Lipinski definition) is 5. The van der Waals surface area contributed by atoms with Gasteiger partial charge in [0.25, 0.3) is 5.91 Å². The fraction of sp³-hybridized carbons (Fsp3) is 0.333. The number of hydrogen-bond donors (Lipinski definition) is 1. The molecule has 1 N–H and O–H groups in total. The molecule has 0 fully saturated rings. The molecule has 0 unspecified atom stereocenters. The van der Waals surface area contributed by atoms with Gasteiger partial charge in [-0.1, -0.05) is 11.6 Å². The maximum absolute atomic E-state index is 12.4. The number of amides is 1. The number of aromatic nitrogens is 1. The van der Waals surface area contributed by atoms with Crippen molar-refractivity contribution < 1.29 is 23.8 Å².